The Kier molecular flexibility index (Phi) is 7.63. The lowest BCUT2D eigenvalue weighted by Gasteiger charge is -2.24. The van der Waals surface area contributed by atoms with Crippen molar-refractivity contribution in [2.75, 3.05) is 6.54 Å². The molecule has 0 aliphatic rings. The first kappa shape index (κ1) is 23.1. The van der Waals surface area contributed by atoms with Gasteiger partial charge in [-0.1, -0.05) is 57.5 Å². The number of aromatic nitrogens is 2. The third-order valence-electron chi connectivity index (χ3n) is 4.71. The van der Waals surface area contributed by atoms with E-state index in [1.54, 1.807) is 15.7 Å². The Hall–Kier alpha value is -2.15. The van der Waals surface area contributed by atoms with Crippen molar-refractivity contribution in [3.05, 3.63) is 47.3 Å². The second-order valence-corrected chi connectivity index (χ2v) is 10.2. The largest absolute Gasteiger partial charge is 0.337 e. The summed E-state index contributed by atoms with van der Waals surface area (Å²) in [6, 6.07) is 7.51. The van der Waals surface area contributed by atoms with Crippen LogP contribution in [0.5, 0.6) is 0 Å². The second-order valence-electron chi connectivity index (χ2n) is 8.29. The van der Waals surface area contributed by atoms with Gasteiger partial charge < -0.3 is 9.47 Å². The van der Waals surface area contributed by atoms with Crippen molar-refractivity contribution in [3.63, 3.8) is 0 Å². The van der Waals surface area contributed by atoms with Gasteiger partial charge in [-0.05, 0) is 25.3 Å². The zero-order chi connectivity index (χ0) is 21.8. The number of rotatable bonds is 9. The van der Waals surface area contributed by atoms with Crippen LogP contribution < -0.4 is 0 Å². The summed E-state index contributed by atoms with van der Waals surface area (Å²) in [6.45, 7) is 13.1. The maximum absolute atomic E-state index is 13.2. The van der Waals surface area contributed by atoms with E-state index in [9.17, 15) is 13.2 Å². The predicted octanol–water partition coefficient (Wildman–Crippen LogP) is 3.83. The molecule has 1 amide bonds. The van der Waals surface area contributed by atoms with Crippen molar-refractivity contribution in [1.29, 1.82) is 0 Å². The van der Waals surface area contributed by atoms with Gasteiger partial charge in [0.15, 0.2) is 0 Å². The zero-order valence-corrected chi connectivity index (χ0v) is 19.2. The number of carbonyl (C=O) groups is 1. The van der Waals surface area contributed by atoms with Crippen LogP contribution in [-0.4, -0.2) is 35.3 Å². The summed E-state index contributed by atoms with van der Waals surface area (Å²) in [5.41, 5.74) is 2.52. The van der Waals surface area contributed by atoms with Crippen LogP contribution in [0.2, 0.25) is 0 Å². The van der Waals surface area contributed by atoms with Crippen molar-refractivity contribution >= 4 is 15.7 Å². The summed E-state index contributed by atoms with van der Waals surface area (Å²) in [6.07, 6.45) is 1.60. The molecule has 29 heavy (non-hydrogen) atoms. The first-order chi connectivity index (χ1) is 13.5. The first-order valence-electron chi connectivity index (χ1n) is 10.2. The fourth-order valence-corrected chi connectivity index (χ4v) is 4.81. The molecule has 2 aromatic rings. The number of benzene rings is 1. The molecular weight excluding hydrogens is 386 g/mol. The van der Waals surface area contributed by atoms with E-state index in [1.165, 1.54) is 0 Å². The van der Waals surface area contributed by atoms with Gasteiger partial charge in [-0.2, -0.15) is 0 Å². The highest BCUT2D eigenvalue weighted by molar-refractivity contribution is 7.90. The van der Waals surface area contributed by atoms with Crippen LogP contribution >= 0.6 is 0 Å². The molecule has 0 N–H and O–H groups in total. The molecule has 0 saturated heterocycles. The van der Waals surface area contributed by atoms with E-state index in [1.807, 2.05) is 65.8 Å². The minimum atomic E-state index is -3.62. The summed E-state index contributed by atoms with van der Waals surface area (Å²) in [5.74, 6) is 0.0905. The van der Waals surface area contributed by atoms with Gasteiger partial charge in [0, 0.05) is 19.0 Å². The predicted molar refractivity (Wildman–Crippen MR) is 115 cm³/mol. The molecule has 0 aliphatic carbocycles. The number of hydrogen-bond acceptors (Lipinski definition) is 4. The standard InChI is InChI=1S/C22H33N3O3S/c1-7-24(21(26)17(4)5)14-20-12-23-22(25(20)13-16(2)3)29(27,28)15-19-10-8-9-18(6)11-19/h8-12,16-17H,7,13-15H2,1-6H3. The average Bonchev–Trinajstić information content (AvgIpc) is 3.01. The summed E-state index contributed by atoms with van der Waals surface area (Å²) in [5, 5.41) is 0.0794. The summed E-state index contributed by atoms with van der Waals surface area (Å²) in [4.78, 5) is 18.5. The highest BCUT2D eigenvalue weighted by Crippen LogP contribution is 2.21. The molecular formula is C22H33N3O3S. The molecule has 0 unspecified atom stereocenters. The maximum atomic E-state index is 13.2. The lowest BCUT2D eigenvalue weighted by molar-refractivity contribution is -0.134. The topological polar surface area (TPSA) is 72.3 Å². The molecule has 0 spiro atoms. The molecule has 160 valence electrons. The van der Waals surface area contributed by atoms with Crippen LogP contribution in [0.4, 0.5) is 0 Å². The number of sulfone groups is 1. The van der Waals surface area contributed by atoms with Gasteiger partial charge in [0.05, 0.1) is 24.2 Å². The van der Waals surface area contributed by atoms with Gasteiger partial charge in [-0.3, -0.25) is 4.79 Å². The number of nitrogens with zero attached hydrogens (tertiary/aromatic N) is 3. The normalized spacial score (nSPS) is 12.0. The zero-order valence-electron chi connectivity index (χ0n) is 18.3. The summed E-state index contributed by atoms with van der Waals surface area (Å²) < 4.78 is 28.1. The fraction of sp³-hybridized carbons (Fsp3) is 0.545. The molecule has 6 nitrogen and oxygen atoms in total. The molecule has 1 aromatic carbocycles. The minimum absolute atomic E-state index is 0.0500. The molecule has 0 aliphatic heterocycles. The van der Waals surface area contributed by atoms with Crippen LogP contribution in [0.1, 0.15) is 51.4 Å². The number of hydrogen-bond donors (Lipinski definition) is 0. The Balaban J connectivity index is 2.40. The Morgan fingerprint density at radius 1 is 1.21 bits per heavy atom. The quantitative estimate of drug-likeness (QED) is 0.619. The highest BCUT2D eigenvalue weighted by atomic mass is 32.2. The van der Waals surface area contributed by atoms with Crippen molar-refractivity contribution in [3.8, 4) is 0 Å². The molecule has 0 fully saturated rings. The van der Waals surface area contributed by atoms with Gasteiger partial charge >= 0.3 is 0 Å². The van der Waals surface area contributed by atoms with Gasteiger partial charge in [-0.15, -0.1) is 0 Å². The molecule has 7 heteroatoms. The van der Waals surface area contributed by atoms with Crippen molar-refractivity contribution in [2.45, 2.75) is 65.5 Å². The van der Waals surface area contributed by atoms with Crippen molar-refractivity contribution in [1.82, 2.24) is 14.5 Å². The Morgan fingerprint density at radius 3 is 2.45 bits per heavy atom. The molecule has 0 atom stereocenters. The summed E-state index contributed by atoms with van der Waals surface area (Å²) in [7, 11) is -3.62. The average molecular weight is 420 g/mol. The second kappa shape index (κ2) is 9.57. The van der Waals surface area contributed by atoms with E-state index >= 15 is 0 Å². The van der Waals surface area contributed by atoms with Gasteiger partial charge in [-0.25, -0.2) is 13.4 Å². The van der Waals surface area contributed by atoms with Crippen molar-refractivity contribution < 1.29 is 13.2 Å². The van der Waals surface area contributed by atoms with E-state index in [-0.39, 0.29) is 28.7 Å². The van der Waals surface area contributed by atoms with Crippen LogP contribution in [0.3, 0.4) is 0 Å². The summed E-state index contributed by atoms with van der Waals surface area (Å²) >= 11 is 0. The van der Waals surface area contributed by atoms with Crippen LogP contribution in [0, 0.1) is 18.8 Å². The Morgan fingerprint density at radius 2 is 1.90 bits per heavy atom. The molecule has 1 heterocycles. The fourth-order valence-electron chi connectivity index (χ4n) is 3.32. The van der Waals surface area contributed by atoms with E-state index in [0.29, 0.717) is 19.6 Å². The third kappa shape index (κ3) is 5.92. The number of carbonyl (C=O) groups excluding carboxylic acids is 1. The third-order valence-corrected chi connectivity index (χ3v) is 6.30. The highest BCUT2D eigenvalue weighted by Gasteiger charge is 2.26. The van der Waals surface area contributed by atoms with E-state index < -0.39 is 9.84 Å². The van der Waals surface area contributed by atoms with E-state index in [2.05, 4.69) is 4.98 Å². The smallest absolute Gasteiger partial charge is 0.228 e. The van der Waals surface area contributed by atoms with Crippen molar-refractivity contribution in [2.24, 2.45) is 11.8 Å². The Bertz CT molecular complexity index is 946. The molecule has 0 saturated carbocycles. The number of amides is 1. The van der Waals surface area contributed by atoms with Crippen LogP contribution in [-0.2, 0) is 33.5 Å². The Labute approximate surface area is 174 Å². The van der Waals surface area contributed by atoms with E-state index in [0.717, 1.165) is 16.8 Å². The lowest BCUT2D eigenvalue weighted by Crippen LogP contribution is -2.34. The molecule has 2 rings (SSSR count). The number of aryl methyl sites for hydroxylation is 1. The lowest BCUT2D eigenvalue weighted by atomic mass is 10.2. The van der Waals surface area contributed by atoms with Crippen LogP contribution in [0.25, 0.3) is 0 Å². The SMILES string of the molecule is CCN(Cc1cnc(S(=O)(=O)Cc2cccc(C)c2)n1CC(C)C)C(=O)C(C)C. The van der Waals surface area contributed by atoms with Gasteiger partial charge in [0.25, 0.3) is 0 Å². The minimum Gasteiger partial charge on any atom is -0.337 e. The molecule has 0 radical (unpaired) electrons. The van der Waals surface area contributed by atoms with Gasteiger partial charge in [0.1, 0.15) is 0 Å². The molecule has 1 aromatic heterocycles. The maximum Gasteiger partial charge on any atom is 0.228 e. The number of imidazole rings is 1. The monoisotopic (exact) mass is 419 g/mol. The first-order valence-corrected chi connectivity index (χ1v) is 11.8. The molecule has 0 bridgehead atoms. The van der Waals surface area contributed by atoms with E-state index in [4.69, 9.17) is 0 Å². The van der Waals surface area contributed by atoms with Crippen LogP contribution in [0.15, 0.2) is 35.6 Å². The van der Waals surface area contributed by atoms with Gasteiger partial charge in [0.2, 0.25) is 20.9 Å².